The molecule has 0 amide bonds. The van der Waals surface area contributed by atoms with Crippen molar-refractivity contribution in [2.75, 3.05) is 6.61 Å². The Morgan fingerprint density at radius 1 is 1.02 bits per heavy atom. The number of hydrogen-bond donors (Lipinski definition) is 0. The van der Waals surface area contributed by atoms with Crippen LogP contribution in [0.1, 0.15) is 35.2 Å². The minimum atomic E-state index is -0.890. The summed E-state index contributed by atoms with van der Waals surface area (Å²) in [5.41, 5.74) is 3.11. The summed E-state index contributed by atoms with van der Waals surface area (Å²) in [6.07, 6.45) is 1.80. The van der Waals surface area contributed by atoms with Gasteiger partial charge in [-0.25, -0.2) is 14.2 Å². The summed E-state index contributed by atoms with van der Waals surface area (Å²) in [6, 6.07) is 23.3. The van der Waals surface area contributed by atoms with E-state index in [-0.39, 0.29) is 24.3 Å². The van der Waals surface area contributed by atoms with Crippen LogP contribution in [0.4, 0.5) is 4.39 Å². The molecule has 2 heterocycles. The van der Waals surface area contributed by atoms with Crippen molar-refractivity contribution >= 4 is 97.5 Å². The molecule has 1 aliphatic heterocycles. The summed E-state index contributed by atoms with van der Waals surface area (Å²) in [5, 5.41) is 1.07. The Morgan fingerprint density at radius 3 is 2.38 bits per heavy atom. The van der Waals surface area contributed by atoms with Crippen molar-refractivity contribution in [1.82, 2.24) is 4.57 Å². The van der Waals surface area contributed by atoms with E-state index in [0.29, 0.717) is 42.0 Å². The quantitative estimate of drug-likeness (QED) is 0.117. The van der Waals surface area contributed by atoms with Gasteiger partial charge in [0.15, 0.2) is 4.80 Å². The third kappa shape index (κ3) is 7.21. The summed E-state index contributed by atoms with van der Waals surface area (Å²) in [4.78, 5) is 33.0. The predicted molar refractivity (Wildman–Crippen MR) is 200 cm³/mol. The molecule has 0 aliphatic carbocycles. The van der Waals surface area contributed by atoms with Gasteiger partial charge in [-0.1, -0.05) is 83.1 Å². The summed E-state index contributed by atoms with van der Waals surface area (Å²) >= 11 is 18.0. The largest absolute Gasteiger partial charge is 0.487 e. The van der Waals surface area contributed by atoms with Crippen LogP contribution in [0, 0.1) is 13.0 Å². The van der Waals surface area contributed by atoms with E-state index in [2.05, 4.69) is 45.2 Å². The van der Waals surface area contributed by atoms with Crippen LogP contribution < -0.4 is 19.6 Å². The molecule has 6 rings (SSSR count). The third-order valence-corrected chi connectivity index (χ3v) is 10.4. The second kappa shape index (κ2) is 14.6. The van der Waals surface area contributed by atoms with Gasteiger partial charge < -0.3 is 9.47 Å². The molecule has 4 aromatic carbocycles. The van der Waals surface area contributed by atoms with Gasteiger partial charge in [0.25, 0.3) is 5.56 Å². The molecule has 0 fully saturated rings. The molecular weight excluding hydrogens is 888 g/mol. The van der Waals surface area contributed by atoms with Crippen LogP contribution in [0.5, 0.6) is 5.75 Å². The first-order valence-corrected chi connectivity index (χ1v) is 18.0. The maximum atomic E-state index is 14.2. The third-order valence-electron chi connectivity index (χ3n) is 7.26. The van der Waals surface area contributed by atoms with Crippen molar-refractivity contribution in [2.24, 2.45) is 4.99 Å². The Morgan fingerprint density at radius 2 is 1.72 bits per heavy atom. The highest BCUT2D eigenvalue weighted by atomic mass is 127. The Hall–Kier alpha value is -3.04. The van der Waals surface area contributed by atoms with Crippen LogP contribution in [0.25, 0.3) is 11.8 Å². The molecule has 6 nitrogen and oxygen atoms in total. The van der Waals surface area contributed by atoms with E-state index in [9.17, 15) is 14.0 Å². The van der Waals surface area contributed by atoms with E-state index in [4.69, 9.17) is 37.7 Å². The normalized spacial score (nSPS) is 14.5. The van der Waals surface area contributed by atoms with Gasteiger partial charge >= 0.3 is 5.97 Å². The van der Waals surface area contributed by atoms with E-state index < -0.39 is 17.8 Å². The van der Waals surface area contributed by atoms with E-state index >= 15 is 0 Å². The number of rotatable bonds is 8. The van der Waals surface area contributed by atoms with Gasteiger partial charge in [-0.3, -0.25) is 9.36 Å². The number of nitrogens with zero attached hydrogens (tertiary/aromatic N) is 2. The van der Waals surface area contributed by atoms with Crippen LogP contribution in [0.15, 0.2) is 100 Å². The Bertz CT molecular complexity index is 2200. The number of carbonyl (C=O) groups is 1. The average Bonchev–Trinajstić information content (AvgIpc) is 3.35. The van der Waals surface area contributed by atoms with Gasteiger partial charge in [-0.15, -0.1) is 0 Å². The maximum Gasteiger partial charge on any atom is 0.338 e. The molecule has 0 radical (unpaired) electrons. The number of aromatic nitrogens is 1. The lowest BCUT2D eigenvalue weighted by molar-refractivity contribution is -0.138. The molecule has 0 N–H and O–H groups in total. The molecule has 0 spiro atoms. The standard InChI is InChI=1S/C35H23Cl2FI2N2O4S/c1-2-45-34(44)29-30(20-6-4-3-5-7-20)41-35-42(31(29)21-9-12-24(38)13-10-21)33(43)28(47-35)16-19-14-26(39)32(27(40)15-19)46-18-22-8-11-23(36)17-25(22)37/h3-17,31H,2,18H2,1H3/b28-16-/t31-/m1/s1. The van der Waals surface area contributed by atoms with Crippen molar-refractivity contribution < 1.29 is 18.7 Å². The first-order valence-electron chi connectivity index (χ1n) is 14.2. The Kier molecular flexibility index (Phi) is 10.5. The first kappa shape index (κ1) is 33.8. The fourth-order valence-corrected chi connectivity index (χ4v) is 8.73. The van der Waals surface area contributed by atoms with Crippen molar-refractivity contribution in [2.45, 2.75) is 19.6 Å². The molecule has 1 aromatic heterocycles. The molecule has 12 heteroatoms. The molecule has 1 aliphatic rings. The maximum absolute atomic E-state index is 14.2. The van der Waals surface area contributed by atoms with Gasteiger partial charge in [-0.2, -0.15) is 0 Å². The predicted octanol–water partition coefficient (Wildman–Crippen LogP) is 8.17. The smallest absolute Gasteiger partial charge is 0.338 e. The number of halogens is 5. The highest BCUT2D eigenvalue weighted by molar-refractivity contribution is 14.1. The Balaban J connectivity index is 1.46. The number of thiazole rings is 1. The highest BCUT2D eigenvalue weighted by Gasteiger charge is 2.35. The number of carbonyl (C=O) groups excluding carboxylic acids is 1. The number of fused-ring (bicyclic) bond motifs is 1. The van der Waals surface area contributed by atoms with E-state index in [0.717, 1.165) is 18.3 Å². The van der Waals surface area contributed by atoms with Gasteiger partial charge in [0.2, 0.25) is 0 Å². The zero-order chi connectivity index (χ0) is 33.2. The van der Waals surface area contributed by atoms with Crippen molar-refractivity contribution in [3.05, 3.63) is 155 Å². The van der Waals surface area contributed by atoms with Crippen molar-refractivity contribution in [1.29, 1.82) is 0 Å². The number of hydrogen-bond acceptors (Lipinski definition) is 6. The Labute approximate surface area is 310 Å². The number of esters is 1. The summed E-state index contributed by atoms with van der Waals surface area (Å²) in [6.45, 7) is 2.11. The van der Waals surface area contributed by atoms with Gasteiger partial charge in [-0.05, 0) is 106 Å². The summed E-state index contributed by atoms with van der Waals surface area (Å²) in [5.74, 6) is -0.337. The van der Waals surface area contributed by atoms with Gasteiger partial charge in [0.1, 0.15) is 18.2 Å². The van der Waals surface area contributed by atoms with Crippen LogP contribution in [0.3, 0.4) is 0 Å². The fourth-order valence-electron chi connectivity index (χ4n) is 5.14. The minimum absolute atomic E-state index is 0.134. The monoisotopic (exact) mass is 910 g/mol. The topological polar surface area (TPSA) is 69.9 Å². The lowest BCUT2D eigenvalue weighted by Crippen LogP contribution is -2.40. The average molecular weight is 911 g/mol. The molecule has 5 aromatic rings. The lowest BCUT2D eigenvalue weighted by Gasteiger charge is -2.25. The molecule has 0 saturated heterocycles. The minimum Gasteiger partial charge on any atom is -0.487 e. The zero-order valence-corrected chi connectivity index (χ0v) is 31.1. The number of ether oxygens (including phenoxy) is 2. The summed E-state index contributed by atoms with van der Waals surface area (Å²) in [7, 11) is 0. The van der Waals surface area contributed by atoms with Crippen molar-refractivity contribution in [3.63, 3.8) is 0 Å². The van der Waals surface area contributed by atoms with E-state index in [1.807, 2.05) is 48.5 Å². The van der Waals surface area contributed by atoms with Crippen LogP contribution in [-0.4, -0.2) is 17.1 Å². The highest BCUT2D eigenvalue weighted by Crippen LogP contribution is 2.35. The van der Waals surface area contributed by atoms with Crippen LogP contribution in [0.2, 0.25) is 10.0 Å². The zero-order valence-electron chi connectivity index (χ0n) is 24.5. The van der Waals surface area contributed by atoms with E-state index in [1.165, 1.54) is 28.0 Å². The molecule has 0 unspecified atom stereocenters. The van der Waals surface area contributed by atoms with Crippen LogP contribution >= 0.6 is 79.7 Å². The SMILES string of the molecule is CCOC(=O)C1=C(c2ccccc2)N=c2s/c(=C\c3cc(I)c(OCc4ccc(Cl)cc4Cl)c(I)c3)c(=O)n2[C@@H]1c1ccc(F)cc1. The number of benzene rings is 4. The molecular formula is C35H23Cl2FI2N2O4S. The molecule has 238 valence electrons. The first-order chi connectivity index (χ1) is 22.6. The lowest BCUT2D eigenvalue weighted by atomic mass is 9.93. The van der Waals surface area contributed by atoms with E-state index in [1.54, 1.807) is 37.3 Å². The second-order valence-electron chi connectivity index (χ2n) is 10.3. The van der Waals surface area contributed by atoms with Gasteiger partial charge in [0, 0.05) is 21.2 Å². The molecule has 1 atom stereocenters. The molecule has 0 saturated carbocycles. The van der Waals surface area contributed by atoms with Crippen LogP contribution in [-0.2, 0) is 16.1 Å². The molecule has 0 bridgehead atoms. The fraction of sp³-hybridized carbons (Fsp3) is 0.114. The van der Waals surface area contributed by atoms with Gasteiger partial charge in [0.05, 0.1) is 35.6 Å². The molecule has 47 heavy (non-hydrogen) atoms. The van der Waals surface area contributed by atoms with Crippen molar-refractivity contribution in [3.8, 4) is 5.75 Å². The summed E-state index contributed by atoms with van der Waals surface area (Å²) < 4.78 is 29.3. The second-order valence-corrected chi connectivity index (χ2v) is 14.5.